The number of hydrogen-bond donors (Lipinski definition) is 1. The highest BCUT2D eigenvalue weighted by Crippen LogP contribution is 2.34. The van der Waals surface area contributed by atoms with Crippen LogP contribution in [0, 0.1) is 17.8 Å². The van der Waals surface area contributed by atoms with Crippen molar-refractivity contribution in [1.82, 2.24) is 5.32 Å². The minimum Gasteiger partial charge on any atom is -0.311 e. The Bertz CT molecular complexity index is 184. The second-order valence-electron chi connectivity index (χ2n) is 6.91. The highest BCUT2D eigenvalue weighted by Gasteiger charge is 2.26. The summed E-state index contributed by atoms with van der Waals surface area (Å²) in [6.07, 6.45) is 8.35. The summed E-state index contributed by atoms with van der Waals surface area (Å²) >= 11 is 0. The Morgan fingerprint density at radius 2 is 1.47 bits per heavy atom. The molecule has 1 aliphatic rings. The standard InChI is InChI=1S/C16H33N/c1-6-15(11-14-7-8-14)17-16(9-12(2)3)10-13(4)5/h12-17H,6-11H2,1-5H3. The summed E-state index contributed by atoms with van der Waals surface area (Å²) in [6, 6.07) is 1.50. The molecule has 1 N–H and O–H groups in total. The average Bonchev–Trinajstić information content (AvgIpc) is 2.98. The van der Waals surface area contributed by atoms with Crippen LogP contribution in [0.1, 0.15) is 73.1 Å². The molecule has 17 heavy (non-hydrogen) atoms. The molecule has 1 fully saturated rings. The van der Waals surface area contributed by atoms with Crippen LogP contribution in [0.5, 0.6) is 0 Å². The van der Waals surface area contributed by atoms with Crippen LogP contribution < -0.4 is 5.32 Å². The van der Waals surface area contributed by atoms with E-state index in [1.165, 1.54) is 38.5 Å². The minimum atomic E-state index is 0.735. The zero-order chi connectivity index (χ0) is 12.8. The van der Waals surface area contributed by atoms with Gasteiger partial charge in [-0.15, -0.1) is 0 Å². The summed E-state index contributed by atoms with van der Waals surface area (Å²) < 4.78 is 0. The number of hydrogen-bond acceptors (Lipinski definition) is 1. The lowest BCUT2D eigenvalue weighted by Crippen LogP contribution is -2.40. The second kappa shape index (κ2) is 7.41. The maximum absolute atomic E-state index is 3.94. The van der Waals surface area contributed by atoms with Crippen molar-refractivity contribution in [2.45, 2.75) is 85.2 Å². The van der Waals surface area contributed by atoms with E-state index in [-0.39, 0.29) is 0 Å². The highest BCUT2D eigenvalue weighted by molar-refractivity contribution is 4.82. The highest BCUT2D eigenvalue weighted by atomic mass is 14.9. The molecule has 1 heteroatoms. The maximum atomic E-state index is 3.94. The van der Waals surface area contributed by atoms with E-state index < -0.39 is 0 Å². The summed E-state index contributed by atoms with van der Waals surface area (Å²) in [6.45, 7) is 11.7. The van der Waals surface area contributed by atoms with Gasteiger partial charge in [0.05, 0.1) is 0 Å². The fourth-order valence-electron chi connectivity index (χ4n) is 2.81. The zero-order valence-corrected chi connectivity index (χ0v) is 12.6. The molecule has 0 heterocycles. The normalized spacial score (nSPS) is 18.4. The quantitative estimate of drug-likeness (QED) is 0.619. The molecule has 1 saturated carbocycles. The van der Waals surface area contributed by atoms with E-state index in [2.05, 4.69) is 39.9 Å². The van der Waals surface area contributed by atoms with Gasteiger partial charge in [0.15, 0.2) is 0 Å². The molecule has 1 atom stereocenters. The van der Waals surface area contributed by atoms with Crippen LogP contribution in [0.25, 0.3) is 0 Å². The Kier molecular flexibility index (Phi) is 6.54. The summed E-state index contributed by atoms with van der Waals surface area (Å²) in [7, 11) is 0. The maximum Gasteiger partial charge on any atom is 0.00745 e. The fraction of sp³-hybridized carbons (Fsp3) is 1.00. The lowest BCUT2D eigenvalue weighted by atomic mass is 9.94. The molecule has 0 aromatic heterocycles. The van der Waals surface area contributed by atoms with Crippen molar-refractivity contribution in [3.8, 4) is 0 Å². The second-order valence-corrected chi connectivity index (χ2v) is 6.91. The molecule has 0 aromatic carbocycles. The first kappa shape index (κ1) is 15.0. The van der Waals surface area contributed by atoms with Crippen molar-refractivity contribution in [3.05, 3.63) is 0 Å². The van der Waals surface area contributed by atoms with E-state index in [4.69, 9.17) is 0 Å². The zero-order valence-electron chi connectivity index (χ0n) is 12.6. The number of rotatable bonds is 9. The molecule has 0 saturated heterocycles. The Labute approximate surface area is 109 Å². The Hall–Kier alpha value is -0.0400. The van der Waals surface area contributed by atoms with Crippen molar-refractivity contribution in [2.75, 3.05) is 0 Å². The Morgan fingerprint density at radius 1 is 0.941 bits per heavy atom. The van der Waals surface area contributed by atoms with E-state index >= 15 is 0 Å². The van der Waals surface area contributed by atoms with Gasteiger partial charge >= 0.3 is 0 Å². The SMILES string of the molecule is CCC(CC1CC1)NC(CC(C)C)CC(C)C. The molecule has 0 amide bonds. The first-order valence-corrected chi connectivity index (χ1v) is 7.77. The summed E-state index contributed by atoms with van der Waals surface area (Å²) in [5.41, 5.74) is 0. The van der Waals surface area contributed by atoms with Crippen molar-refractivity contribution < 1.29 is 0 Å². The van der Waals surface area contributed by atoms with Gasteiger partial charge in [-0.05, 0) is 43.4 Å². The van der Waals surface area contributed by atoms with Crippen LogP contribution in [0.15, 0.2) is 0 Å². The first-order chi connectivity index (χ1) is 8.01. The molecular weight excluding hydrogens is 206 g/mol. The van der Waals surface area contributed by atoms with Crippen LogP contribution in [0.3, 0.4) is 0 Å². The minimum absolute atomic E-state index is 0.735. The first-order valence-electron chi connectivity index (χ1n) is 7.77. The Morgan fingerprint density at radius 3 is 1.82 bits per heavy atom. The topological polar surface area (TPSA) is 12.0 Å². The van der Waals surface area contributed by atoms with Crippen molar-refractivity contribution in [2.24, 2.45) is 17.8 Å². The summed E-state index contributed by atoms with van der Waals surface area (Å²) in [4.78, 5) is 0. The Balaban J connectivity index is 2.37. The van der Waals surface area contributed by atoms with Gasteiger partial charge in [0.2, 0.25) is 0 Å². The molecular formula is C16H33N. The van der Waals surface area contributed by atoms with E-state index in [1.54, 1.807) is 0 Å². The van der Waals surface area contributed by atoms with E-state index in [0.717, 1.165) is 29.8 Å². The number of nitrogens with one attached hydrogen (secondary N) is 1. The molecule has 0 aliphatic heterocycles. The molecule has 0 spiro atoms. The van der Waals surface area contributed by atoms with Gasteiger partial charge in [0.25, 0.3) is 0 Å². The van der Waals surface area contributed by atoms with Crippen LogP contribution in [-0.4, -0.2) is 12.1 Å². The van der Waals surface area contributed by atoms with Crippen LogP contribution in [0.4, 0.5) is 0 Å². The molecule has 0 aromatic rings. The molecule has 1 aliphatic carbocycles. The van der Waals surface area contributed by atoms with Gasteiger partial charge in [0.1, 0.15) is 0 Å². The van der Waals surface area contributed by atoms with Gasteiger partial charge in [-0.1, -0.05) is 47.5 Å². The molecule has 1 rings (SSSR count). The molecule has 1 nitrogen and oxygen atoms in total. The van der Waals surface area contributed by atoms with Gasteiger partial charge in [-0.2, -0.15) is 0 Å². The van der Waals surface area contributed by atoms with E-state index in [9.17, 15) is 0 Å². The van der Waals surface area contributed by atoms with Crippen molar-refractivity contribution in [3.63, 3.8) is 0 Å². The third kappa shape index (κ3) is 7.08. The van der Waals surface area contributed by atoms with Crippen LogP contribution in [0.2, 0.25) is 0 Å². The molecule has 0 radical (unpaired) electrons. The summed E-state index contributed by atoms with van der Waals surface area (Å²) in [5, 5.41) is 3.94. The van der Waals surface area contributed by atoms with Crippen LogP contribution >= 0.6 is 0 Å². The molecule has 1 unspecified atom stereocenters. The predicted octanol–water partition coefficient (Wildman–Crippen LogP) is 4.62. The predicted molar refractivity (Wildman–Crippen MR) is 77.3 cm³/mol. The van der Waals surface area contributed by atoms with Gasteiger partial charge in [-0.25, -0.2) is 0 Å². The van der Waals surface area contributed by atoms with Crippen molar-refractivity contribution >= 4 is 0 Å². The average molecular weight is 239 g/mol. The van der Waals surface area contributed by atoms with E-state index in [1.807, 2.05) is 0 Å². The van der Waals surface area contributed by atoms with Crippen molar-refractivity contribution in [1.29, 1.82) is 0 Å². The monoisotopic (exact) mass is 239 g/mol. The van der Waals surface area contributed by atoms with Gasteiger partial charge in [0, 0.05) is 12.1 Å². The lowest BCUT2D eigenvalue weighted by molar-refractivity contribution is 0.308. The van der Waals surface area contributed by atoms with Gasteiger partial charge < -0.3 is 5.32 Å². The fourth-order valence-corrected chi connectivity index (χ4v) is 2.81. The van der Waals surface area contributed by atoms with Gasteiger partial charge in [-0.3, -0.25) is 0 Å². The molecule has 0 bridgehead atoms. The van der Waals surface area contributed by atoms with Crippen LogP contribution in [-0.2, 0) is 0 Å². The summed E-state index contributed by atoms with van der Waals surface area (Å²) in [5.74, 6) is 2.67. The lowest BCUT2D eigenvalue weighted by Gasteiger charge is -2.28. The smallest absolute Gasteiger partial charge is 0.00745 e. The third-order valence-corrected chi connectivity index (χ3v) is 3.79. The third-order valence-electron chi connectivity index (χ3n) is 3.79. The largest absolute Gasteiger partial charge is 0.311 e. The molecule has 102 valence electrons. The van der Waals surface area contributed by atoms with E-state index in [0.29, 0.717) is 0 Å².